The molecule has 0 radical (unpaired) electrons. The fourth-order valence-electron chi connectivity index (χ4n) is 2.28. The summed E-state index contributed by atoms with van der Waals surface area (Å²) in [4.78, 5) is 1.94. The van der Waals surface area contributed by atoms with Gasteiger partial charge in [-0.2, -0.15) is 16.5 Å². The summed E-state index contributed by atoms with van der Waals surface area (Å²) in [7, 11) is -3.87. The molecule has 0 amide bonds. The minimum absolute atomic E-state index is 0.0542. The molecule has 0 aliphatic carbocycles. The van der Waals surface area contributed by atoms with Crippen LogP contribution in [0, 0.1) is 18.2 Å². The largest absolute Gasteiger partial charge is 0.370 e. The molecule has 120 valence electrons. The molecule has 1 atom stereocenters. The van der Waals surface area contributed by atoms with Crippen LogP contribution in [-0.4, -0.2) is 39.1 Å². The van der Waals surface area contributed by atoms with Crippen molar-refractivity contribution in [2.75, 3.05) is 29.5 Å². The van der Waals surface area contributed by atoms with Crippen molar-refractivity contribution in [2.24, 2.45) is 0 Å². The Bertz CT molecular complexity index is 663. The van der Waals surface area contributed by atoms with E-state index in [0.29, 0.717) is 5.69 Å². The number of terminal acetylenes is 1. The van der Waals surface area contributed by atoms with E-state index in [1.165, 1.54) is 12.1 Å². The SMILES string of the molecule is C#CC(C)NS(=O)(=O)c1cc(F)ccc1N1CCCSCC1. The molecule has 4 nitrogen and oxygen atoms in total. The molecular weight excluding hydrogens is 323 g/mol. The van der Waals surface area contributed by atoms with Gasteiger partial charge in [0.2, 0.25) is 10.0 Å². The molecule has 0 bridgehead atoms. The summed E-state index contributed by atoms with van der Waals surface area (Å²) in [5, 5.41) is 0. The van der Waals surface area contributed by atoms with Crippen molar-refractivity contribution in [1.82, 2.24) is 4.72 Å². The standard InChI is InChI=1S/C15H19FN2O2S2/c1-3-12(2)17-22(19,20)15-11-13(16)5-6-14(15)18-7-4-9-21-10-8-18/h1,5-6,11-12,17H,4,7-10H2,2H3. The molecule has 1 N–H and O–H groups in total. The van der Waals surface area contributed by atoms with Crippen LogP contribution in [0.4, 0.5) is 10.1 Å². The Labute approximate surface area is 135 Å². The van der Waals surface area contributed by atoms with Crippen molar-refractivity contribution in [2.45, 2.75) is 24.3 Å². The minimum atomic E-state index is -3.87. The van der Waals surface area contributed by atoms with Crippen molar-refractivity contribution in [3.8, 4) is 12.3 Å². The summed E-state index contributed by atoms with van der Waals surface area (Å²) in [6.45, 7) is 3.06. The van der Waals surface area contributed by atoms with Crippen molar-refractivity contribution < 1.29 is 12.8 Å². The summed E-state index contributed by atoms with van der Waals surface area (Å²) < 4.78 is 41.0. The van der Waals surface area contributed by atoms with Gasteiger partial charge in [0.15, 0.2) is 0 Å². The number of hydrogen-bond donors (Lipinski definition) is 1. The number of hydrogen-bond acceptors (Lipinski definition) is 4. The Kier molecular flexibility index (Phi) is 5.73. The van der Waals surface area contributed by atoms with Gasteiger partial charge < -0.3 is 4.90 Å². The topological polar surface area (TPSA) is 49.4 Å². The first-order valence-electron chi connectivity index (χ1n) is 7.05. The van der Waals surface area contributed by atoms with Crippen molar-refractivity contribution in [1.29, 1.82) is 0 Å². The zero-order chi connectivity index (χ0) is 16.2. The van der Waals surface area contributed by atoms with Crippen LogP contribution in [0.1, 0.15) is 13.3 Å². The molecule has 22 heavy (non-hydrogen) atoms. The molecule has 1 aliphatic rings. The van der Waals surface area contributed by atoms with Gasteiger partial charge in [-0.1, -0.05) is 5.92 Å². The second-order valence-corrected chi connectivity index (χ2v) is 7.98. The molecule has 1 fully saturated rings. The smallest absolute Gasteiger partial charge is 0.243 e. The lowest BCUT2D eigenvalue weighted by Gasteiger charge is -2.25. The van der Waals surface area contributed by atoms with Gasteiger partial charge in [-0.05, 0) is 37.3 Å². The van der Waals surface area contributed by atoms with Crippen LogP contribution in [0.25, 0.3) is 0 Å². The first kappa shape index (κ1) is 17.1. The maximum absolute atomic E-state index is 13.6. The third kappa shape index (κ3) is 4.15. The first-order chi connectivity index (χ1) is 10.4. The second-order valence-electron chi connectivity index (χ2n) is 5.07. The summed E-state index contributed by atoms with van der Waals surface area (Å²) in [6.07, 6.45) is 6.19. The zero-order valence-electron chi connectivity index (χ0n) is 12.4. The minimum Gasteiger partial charge on any atom is -0.370 e. The molecule has 7 heteroatoms. The van der Waals surface area contributed by atoms with E-state index < -0.39 is 21.9 Å². The Morgan fingerprint density at radius 3 is 2.91 bits per heavy atom. The van der Waals surface area contributed by atoms with Crippen molar-refractivity contribution in [3.05, 3.63) is 24.0 Å². The maximum atomic E-state index is 13.6. The Morgan fingerprint density at radius 1 is 1.41 bits per heavy atom. The highest BCUT2D eigenvalue weighted by atomic mass is 32.2. The zero-order valence-corrected chi connectivity index (χ0v) is 14.0. The predicted octanol–water partition coefficient (Wildman–Crippen LogP) is 2.07. The van der Waals surface area contributed by atoms with Gasteiger partial charge in [-0.15, -0.1) is 6.42 Å². The second kappa shape index (κ2) is 7.36. The highest BCUT2D eigenvalue weighted by molar-refractivity contribution is 7.99. The van der Waals surface area contributed by atoms with Gasteiger partial charge in [-0.25, -0.2) is 12.8 Å². The lowest BCUT2D eigenvalue weighted by molar-refractivity contribution is 0.573. The quantitative estimate of drug-likeness (QED) is 0.851. The van der Waals surface area contributed by atoms with Crippen LogP contribution in [0.15, 0.2) is 23.1 Å². The van der Waals surface area contributed by atoms with E-state index in [0.717, 1.165) is 37.1 Å². The fourth-order valence-corrected chi connectivity index (χ4v) is 4.57. The molecule has 0 spiro atoms. The molecule has 0 saturated carbocycles. The van der Waals surface area contributed by atoms with Crippen LogP contribution in [0.3, 0.4) is 0 Å². The summed E-state index contributed by atoms with van der Waals surface area (Å²) in [6, 6.07) is 3.22. The Balaban J connectivity index is 2.41. The molecule has 1 aromatic rings. The molecule has 1 saturated heterocycles. The van der Waals surface area contributed by atoms with Gasteiger partial charge in [0, 0.05) is 18.8 Å². The van der Waals surface area contributed by atoms with E-state index in [2.05, 4.69) is 10.6 Å². The lowest BCUT2D eigenvalue weighted by atomic mass is 10.2. The number of anilines is 1. The molecule has 2 rings (SSSR count). The summed E-state index contributed by atoms with van der Waals surface area (Å²) in [5.41, 5.74) is 0.528. The van der Waals surface area contributed by atoms with E-state index in [-0.39, 0.29) is 4.90 Å². The molecule has 1 aromatic carbocycles. The maximum Gasteiger partial charge on any atom is 0.243 e. The van der Waals surface area contributed by atoms with E-state index in [1.807, 2.05) is 16.7 Å². The molecule has 1 heterocycles. The fraction of sp³-hybridized carbons (Fsp3) is 0.467. The number of rotatable bonds is 4. The van der Waals surface area contributed by atoms with E-state index in [4.69, 9.17) is 6.42 Å². The third-order valence-corrected chi connectivity index (χ3v) is 5.97. The normalized spacial score (nSPS) is 17.6. The van der Waals surface area contributed by atoms with Gasteiger partial charge in [0.1, 0.15) is 10.7 Å². The van der Waals surface area contributed by atoms with Gasteiger partial charge in [0.25, 0.3) is 0 Å². The van der Waals surface area contributed by atoms with Gasteiger partial charge >= 0.3 is 0 Å². The first-order valence-corrected chi connectivity index (χ1v) is 9.68. The van der Waals surface area contributed by atoms with E-state index in [9.17, 15) is 12.8 Å². The van der Waals surface area contributed by atoms with Crippen molar-refractivity contribution in [3.63, 3.8) is 0 Å². The number of sulfonamides is 1. The number of thioether (sulfide) groups is 1. The van der Waals surface area contributed by atoms with Crippen LogP contribution >= 0.6 is 11.8 Å². The molecule has 1 unspecified atom stereocenters. The average Bonchev–Trinajstić information content (AvgIpc) is 2.75. The van der Waals surface area contributed by atoms with Crippen molar-refractivity contribution >= 4 is 27.5 Å². The lowest BCUT2D eigenvalue weighted by Crippen LogP contribution is -2.34. The highest BCUT2D eigenvalue weighted by Crippen LogP contribution is 2.28. The Morgan fingerprint density at radius 2 is 2.18 bits per heavy atom. The Hall–Kier alpha value is -1.23. The highest BCUT2D eigenvalue weighted by Gasteiger charge is 2.24. The number of nitrogens with one attached hydrogen (secondary N) is 1. The number of benzene rings is 1. The van der Waals surface area contributed by atoms with E-state index in [1.54, 1.807) is 6.92 Å². The van der Waals surface area contributed by atoms with Gasteiger partial charge in [0.05, 0.1) is 11.7 Å². The van der Waals surface area contributed by atoms with Crippen LogP contribution in [0.5, 0.6) is 0 Å². The average molecular weight is 342 g/mol. The summed E-state index contributed by atoms with van der Waals surface area (Å²) in [5.74, 6) is 3.70. The van der Waals surface area contributed by atoms with Crippen LogP contribution in [0.2, 0.25) is 0 Å². The van der Waals surface area contributed by atoms with Crippen LogP contribution in [-0.2, 0) is 10.0 Å². The van der Waals surface area contributed by atoms with Crippen LogP contribution < -0.4 is 9.62 Å². The molecule has 0 aromatic heterocycles. The molecular formula is C15H19FN2O2S2. The number of nitrogens with zero attached hydrogens (tertiary/aromatic N) is 1. The predicted molar refractivity (Wildman–Crippen MR) is 89.2 cm³/mol. The number of halogens is 1. The summed E-state index contributed by atoms with van der Waals surface area (Å²) >= 11 is 1.84. The molecule has 1 aliphatic heterocycles. The third-order valence-electron chi connectivity index (χ3n) is 3.36. The van der Waals surface area contributed by atoms with E-state index >= 15 is 0 Å². The monoisotopic (exact) mass is 342 g/mol. The van der Waals surface area contributed by atoms with Gasteiger partial charge in [-0.3, -0.25) is 0 Å².